The highest BCUT2D eigenvalue weighted by Crippen LogP contribution is 2.21. The largest absolute Gasteiger partial charge is 0.384 e. The van der Waals surface area contributed by atoms with E-state index in [1.54, 1.807) is 18.3 Å². The topological polar surface area (TPSA) is 80.9 Å². The van der Waals surface area contributed by atoms with Gasteiger partial charge in [0, 0.05) is 17.8 Å². The van der Waals surface area contributed by atoms with Gasteiger partial charge in [-0.15, -0.1) is 0 Å². The number of hydrogen-bond acceptors (Lipinski definition) is 4. The quantitative estimate of drug-likeness (QED) is 0.745. The zero-order valence-corrected chi connectivity index (χ0v) is 10.6. The number of aromatic nitrogens is 2. The number of fused-ring (bicyclic) bond motifs is 1. The minimum absolute atomic E-state index is 0.240. The molecule has 0 radical (unpaired) electrons. The molecule has 2 heterocycles. The molecule has 3 N–H and O–H groups in total. The van der Waals surface area contributed by atoms with Gasteiger partial charge in [0.05, 0.1) is 16.8 Å². The summed E-state index contributed by atoms with van der Waals surface area (Å²) in [5.74, 6) is 0.143. The smallest absolute Gasteiger partial charge is 0.257 e. The van der Waals surface area contributed by atoms with Crippen LogP contribution in [0.2, 0.25) is 0 Å². The SMILES string of the molecule is Nc1ccc(C(=O)Nc2cccc3cccnc23)cn1. The van der Waals surface area contributed by atoms with E-state index >= 15 is 0 Å². The Morgan fingerprint density at radius 2 is 1.90 bits per heavy atom. The van der Waals surface area contributed by atoms with E-state index in [1.165, 1.54) is 6.20 Å². The summed E-state index contributed by atoms with van der Waals surface area (Å²) < 4.78 is 0. The number of nitrogens with one attached hydrogen (secondary N) is 1. The highest BCUT2D eigenvalue weighted by Gasteiger charge is 2.09. The molecule has 0 unspecified atom stereocenters. The van der Waals surface area contributed by atoms with Gasteiger partial charge in [-0.2, -0.15) is 0 Å². The van der Waals surface area contributed by atoms with Gasteiger partial charge in [0.2, 0.25) is 0 Å². The van der Waals surface area contributed by atoms with E-state index in [0.717, 1.165) is 10.9 Å². The van der Waals surface area contributed by atoms with Crippen LogP contribution in [0.5, 0.6) is 0 Å². The summed E-state index contributed by atoms with van der Waals surface area (Å²) in [5.41, 5.74) is 7.38. The van der Waals surface area contributed by atoms with Gasteiger partial charge < -0.3 is 11.1 Å². The molecule has 1 amide bonds. The minimum atomic E-state index is -0.240. The third-order valence-electron chi connectivity index (χ3n) is 2.93. The standard InChI is InChI=1S/C15H12N4O/c16-13-7-6-11(9-18-13)15(20)19-12-5-1-3-10-4-2-8-17-14(10)12/h1-9H,(H2,16,18)(H,19,20). The number of amides is 1. The number of carbonyl (C=O) groups is 1. The Morgan fingerprint density at radius 3 is 2.70 bits per heavy atom. The molecular formula is C15H12N4O. The van der Waals surface area contributed by atoms with Crippen molar-refractivity contribution >= 4 is 28.3 Å². The average molecular weight is 264 g/mol. The van der Waals surface area contributed by atoms with Crippen LogP contribution in [-0.4, -0.2) is 15.9 Å². The predicted molar refractivity (Wildman–Crippen MR) is 78.3 cm³/mol. The molecule has 0 saturated carbocycles. The number of nitrogens with zero attached hydrogens (tertiary/aromatic N) is 2. The van der Waals surface area contributed by atoms with Crippen molar-refractivity contribution in [2.24, 2.45) is 0 Å². The molecule has 1 aromatic carbocycles. The Bertz CT molecular complexity index is 763. The molecule has 0 bridgehead atoms. The van der Waals surface area contributed by atoms with Gasteiger partial charge in [0.25, 0.3) is 5.91 Å². The van der Waals surface area contributed by atoms with Crippen LogP contribution in [0.15, 0.2) is 54.9 Å². The monoisotopic (exact) mass is 264 g/mol. The molecule has 5 nitrogen and oxygen atoms in total. The Hall–Kier alpha value is -2.95. The molecular weight excluding hydrogens is 252 g/mol. The van der Waals surface area contributed by atoms with Crippen LogP contribution < -0.4 is 11.1 Å². The lowest BCUT2D eigenvalue weighted by Crippen LogP contribution is -2.12. The fourth-order valence-corrected chi connectivity index (χ4v) is 1.94. The van der Waals surface area contributed by atoms with Gasteiger partial charge >= 0.3 is 0 Å². The number of benzene rings is 1. The zero-order valence-electron chi connectivity index (χ0n) is 10.6. The number of anilines is 2. The third-order valence-corrected chi connectivity index (χ3v) is 2.93. The number of nitrogens with two attached hydrogens (primary N) is 1. The van der Waals surface area contributed by atoms with E-state index in [2.05, 4.69) is 15.3 Å². The summed E-state index contributed by atoms with van der Waals surface area (Å²) >= 11 is 0. The molecule has 98 valence electrons. The fourth-order valence-electron chi connectivity index (χ4n) is 1.94. The van der Waals surface area contributed by atoms with E-state index in [4.69, 9.17) is 5.73 Å². The molecule has 0 saturated heterocycles. The Kier molecular flexibility index (Phi) is 3.01. The van der Waals surface area contributed by atoms with E-state index in [-0.39, 0.29) is 5.91 Å². The van der Waals surface area contributed by atoms with E-state index < -0.39 is 0 Å². The first-order valence-corrected chi connectivity index (χ1v) is 6.11. The molecule has 3 aromatic rings. The van der Waals surface area contributed by atoms with E-state index in [0.29, 0.717) is 17.1 Å². The third kappa shape index (κ3) is 2.29. The molecule has 5 heteroatoms. The lowest BCUT2D eigenvalue weighted by Gasteiger charge is -2.07. The molecule has 0 atom stereocenters. The Balaban J connectivity index is 1.93. The van der Waals surface area contributed by atoms with Crippen LogP contribution in [0.25, 0.3) is 10.9 Å². The number of nitrogen functional groups attached to an aromatic ring is 1. The van der Waals surface area contributed by atoms with Crippen molar-refractivity contribution in [1.82, 2.24) is 9.97 Å². The lowest BCUT2D eigenvalue weighted by atomic mass is 10.2. The van der Waals surface area contributed by atoms with E-state index in [9.17, 15) is 4.79 Å². The second kappa shape index (κ2) is 4.97. The van der Waals surface area contributed by atoms with Gasteiger partial charge in [-0.1, -0.05) is 18.2 Å². The molecule has 20 heavy (non-hydrogen) atoms. The zero-order chi connectivity index (χ0) is 13.9. The molecule has 0 spiro atoms. The fraction of sp³-hybridized carbons (Fsp3) is 0. The summed E-state index contributed by atoms with van der Waals surface area (Å²) in [5, 5.41) is 3.81. The first kappa shape index (κ1) is 12.1. The van der Waals surface area contributed by atoms with Crippen LogP contribution in [0.3, 0.4) is 0 Å². The second-order valence-electron chi connectivity index (χ2n) is 4.31. The van der Waals surface area contributed by atoms with Crippen molar-refractivity contribution in [2.45, 2.75) is 0 Å². The lowest BCUT2D eigenvalue weighted by molar-refractivity contribution is 0.102. The normalized spacial score (nSPS) is 10.4. The van der Waals surface area contributed by atoms with Gasteiger partial charge in [-0.05, 0) is 24.3 Å². The van der Waals surface area contributed by atoms with Crippen LogP contribution in [-0.2, 0) is 0 Å². The summed E-state index contributed by atoms with van der Waals surface area (Å²) in [6.45, 7) is 0. The second-order valence-corrected chi connectivity index (χ2v) is 4.31. The summed E-state index contributed by atoms with van der Waals surface area (Å²) in [7, 11) is 0. The summed E-state index contributed by atoms with van der Waals surface area (Å²) in [4.78, 5) is 20.3. The van der Waals surface area contributed by atoms with Crippen molar-refractivity contribution in [3.63, 3.8) is 0 Å². The van der Waals surface area contributed by atoms with Gasteiger partial charge in [0.15, 0.2) is 0 Å². The number of pyridine rings is 2. The van der Waals surface area contributed by atoms with Crippen molar-refractivity contribution < 1.29 is 4.79 Å². The molecule has 2 aromatic heterocycles. The summed E-state index contributed by atoms with van der Waals surface area (Å²) in [6.07, 6.45) is 3.14. The average Bonchev–Trinajstić information content (AvgIpc) is 2.48. The predicted octanol–water partition coefficient (Wildman–Crippen LogP) is 2.46. The number of para-hydroxylation sites is 1. The van der Waals surface area contributed by atoms with Gasteiger partial charge in [-0.3, -0.25) is 9.78 Å². The number of carbonyl (C=O) groups excluding carboxylic acids is 1. The minimum Gasteiger partial charge on any atom is -0.384 e. The van der Waals surface area contributed by atoms with Crippen LogP contribution in [0, 0.1) is 0 Å². The first-order chi connectivity index (χ1) is 9.74. The first-order valence-electron chi connectivity index (χ1n) is 6.11. The maximum atomic E-state index is 12.1. The molecule has 0 aliphatic heterocycles. The van der Waals surface area contributed by atoms with E-state index in [1.807, 2.05) is 30.3 Å². The Labute approximate surface area is 115 Å². The molecule has 3 rings (SSSR count). The number of rotatable bonds is 2. The van der Waals surface area contributed by atoms with Crippen molar-refractivity contribution in [3.8, 4) is 0 Å². The molecule has 0 fully saturated rings. The highest BCUT2D eigenvalue weighted by atomic mass is 16.1. The van der Waals surface area contributed by atoms with Crippen molar-refractivity contribution in [3.05, 3.63) is 60.4 Å². The van der Waals surface area contributed by atoms with Crippen molar-refractivity contribution in [1.29, 1.82) is 0 Å². The number of hydrogen-bond donors (Lipinski definition) is 2. The van der Waals surface area contributed by atoms with Crippen LogP contribution in [0.1, 0.15) is 10.4 Å². The highest BCUT2D eigenvalue weighted by molar-refractivity contribution is 6.08. The van der Waals surface area contributed by atoms with Gasteiger partial charge in [-0.25, -0.2) is 4.98 Å². The molecule has 0 aliphatic carbocycles. The Morgan fingerprint density at radius 1 is 1.05 bits per heavy atom. The molecule has 0 aliphatic rings. The van der Waals surface area contributed by atoms with Crippen molar-refractivity contribution in [2.75, 3.05) is 11.1 Å². The van der Waals surface area contributed by atoms with Crippen LogP contribution >= 0.6 is 0 Å². The van der Waals surface area contributed by atoms with Gasteiger partial charge in [0.1, 0.15) is 5.82 Å². The maximum Gasteiger partial charge on any atom is 0.257 e. The maximum absolute atomic E-state index is 12.1. The van der Waals surface area contributed by atoms with Crippen LogP contribution in [0.4, 0.5) is 11.5 Å². The summed E-state index contributed by atoms with van der Waals surface area (Å²) in [6, 6.07) is 12.7.